The van der Waals surface area contributed by atoms with E-state index in [2.05, 4.69) is 24.1 Å². The molecule has 0 aliphatic carbocycles. The molecule has 1 heterocycles. The number of amides is 1. The Kier molecular flexibility index (Phi) is 4.31. The van der Waals surface area contributed by atoms with Gasteiger partial charge < -0.3 is 11.1 Å². The quantitative estimate of drug-likeness (QED) is 0.908. The van der Waals surface area contributed by atoms with Gasteiger partial charge in [-0.05, 0) is 29.9 Å². The van der Waals surface area contributed by atoms with Gasteiger partial charge in [0.25, 0.3) is 0 Å². The summed E-state index contributed by atoms with van der Waals surface area (Å²) in [4.78, 5) is 16.1. The van der Waals surface area contributed by atoms with Crippen LogP contribution in [0, 0.1) is 6.92 Å². The number of aromatic nitrogens is 1. The van der Waals surface area contributed by atoms with Gasteiger partial charge >= 0.3 is 0 Å². The second kappa shape index (κ2) is 5.79. The van der Waals surface area contributed by atoms with Crippen LogP contribution in [-0.4, -0.2) is 21.9 Å². The number of benzene rings is 1. The van der Waals surface area contributed by atoms with Gasteiger partial charge in [-0.25, -0.2) is 4.98 Å². The lowest BCUT2D eigenvalue weighted by Gasteiger charge is -2.07. The van der Waals surface area contributed by atoms with Gasteiger partial charge in [-0.2, -0.15) is 0 Å². The second-order valence-electron chi connectivity index (χ2n) is 4.60. The van der Waals surface area contributed by atoms with Gasteiger partial charge in [0.2, 0.25) is 5.91 Å². The molecule has 0 bridgehead atoms. The van der Waals surface area contributed by atoms with E-state index in [0.29, 0.717) is 16.1 Å². The summed E-state index contributed by atoms with van der Waals surface area (Å²) < 4.78 is 1.00. The van der Waals surface area contributed by atoms with E-state index >= 15 is 0 Å². The first-order valence-electron chi connectivity index (χ1n) is 6.04. The lowest BCUT2D eigenvalue weighted by molar-refractivity contribution is -0.113. The van der Waals surface area contributed by atoms with Crippen molar-refractivity contribution >= 4 is 50.0 Å². The molecule has 2 aromatic rings. The Bertz CT molecular complexity index is 607. The summed E-state index contributed by atoms with van der Waals surface area (Å²) in [5.74, 6) is 0.495. The fourth-order valence-corrected chi connectivity index (χ4v) is 3.13. The van der Waals surface area contributed by atoms with E-state index in [-0.39, 0.29) is 5.91 Å². The lowest BCUT2D eigenvalue weighted by Crippen LogP contribution is -2.15. The average molecular weight is 295 g/mol. The van der Waals surface area contributed by atoms with Crippen LogP contribution in [0.4, 0.5) is 10.8 Å². The van der Waals surface area contributed by atoms with Crippen LogP contribution in [0.25, 0.3) is 10.2 Å². The zero-order valence-corrected chi connectivity index (χ0v) is 12.8. The van der Waals surface area contributed by atoms with Crippen LogP contribution < -0.4 is 11.1 Å². The Balaban J connectivity index is 2.14. The third kappa shape index (κ3) is 3.61. The molecular weight excluding hydrogens is 278 g/mol. The van der Waals surface area contributed by atoms with Gasteiger partial charge in [0.1, 0.15) is 0 Å². The van der Waals surface area contributed by atoms with Crippen molar-refractivity contribution in [1.82, 2.24) is 4.98 Å². The fraction of sp³-hybridized carbons (Fsp3) is 0.385. The van der Waals surface area contributed by atoms with Crippen LogP contribution in [0.1, 0.15) is 19.4 Å². The van der Waals surface area contributed by atoms with Crippen molar-refractivity contribution in [2.45, 2.75) is 26.0 Å². The fourth-order valence-electron chi connectivity index (χ4n) is 1.73. The molecule has 0 atom stereocenters. The highest BCUT2D eigenvalue weighted by molar-refractivity contribution is 8.00. The van der Waals surface area contributed by atoms with Crippen molar-refractivity contribution < 1.29 is 4.79 Å². The number of nitrogens with two attached hydrogens (primary N) is 1. The van der Waals surface area contributed by atoms with Crippen molar-refractivity contribution in [2.24, 2.45) is 0 Å². The van der Waals surface area contributed by atoms with E-state index < -0.39 is 0 Å². The maximum atomic E-state index is 11.8. The number of carbonyl (C=O) groups is 1. The molecule has 0 radical (unpaired) electrons. The summed E-state index contributed by atoms with van der Waals surface area (Å²) >= 11 is 3.06. The molecule has 0 saturated carbocycles. The number of rotatable bonds is 4. The molecule has 0 unspecified atom stereocenters. The minimum absolute atomic E-state index is 0.0231. The normalized spacial score (nSPS) is 11.2. The highest BCUT2D eigenvalue weighted by Gasteiger charge is 2.09. The molecule has 0 spiro atoms. The minimum Gasteiger partial charge on any atom is -0.375 e. The van der Waals surface area contributed by atoms with E-state index in [1.807, 2.05) is 19.1 Å². The highest BCUT2D eigenvalue weighted by Crippen LogP contribution is 2.29. The van der Waals surface area contributed by atoms with E-state index in [1.165, 1.54) is 11.3 Å². The molecule has 1 amide bonds. The summed E-state index contributed by atoms with van der Waals surface area (Å²) in [5, 5.41) is 3.93. The number of hydrogen-bond donors (Lipinski definition) is 2. The van der Waals surface area contributed by atoms with Crippen molar-refractivity contribution in [2.75, 3.05) is 16.8 Å². The molecule has 102 valence electrons. The SMILES string of the molecule is Cc1cc(NC(=O)CSC(C)C)cc2sc(N)nc12. The number of hydrogen-bond acceptors (Lipinski definition) is 5. The van der Waals surface area contributed by atoms with Crippen LogP contribution in [-0.2, 0) is 4.79 Å². The molecule has 0 fully saturated rings. The van der Waals surface area contributed by atoms with Crippen LogP contribution in [0.3, 0.4) is 0 Å². The van der Waals surface area contributed by atoms with Crippen molar-refractivity contribution in [3.05, 3.63) is 17.7 Å². The number of thioether (sulfide) groups is 1. The Morgan fingerprint density at radius 2 is 2.26 bits per heavy atom. The Morgan fingerprint density at radius 3 is 2.95 bits per heavy atom. The number of aryl methyl sites for hydroxylation is 1. The number of nitrogens with one attached hydrogen (secondary N) is 1. The summed E-state index contributed by atoms with van der Waals surface area (Å²) in [7, 11) is 0. The first-order chi connectivity index (χ1) is 8.95. The van der Waals surface area contributed by atoms with Gasteiger partial charge in [-0.3, -0.25) is 4.79 Å². The average Bonchev–Trinajstić information content (AvgIpc) is 2.67. The number of nitrogens with zero attached hydrogens (tertiary/aromatic N) is 1. The standard InChI is InChI=1S/C13H17N3OS2/c1-7(2)18-6-11(17)15-9-4-8(3)12-10(5-9)19-13(14)16-12/h4-5,7H,6H2,1-3H3,(H2,14,16)(H,15,17). The van der Waals surface area contributed by atoms with Crippen molar-refractivity contribution in [3.8, 4) is 0 Å². The third-order valence-corrected chi connectivity index (χ3v) is 4.46. The predicted molar refractivity (Wildman–Crippen MR) is 85.0 cm³/mol. The maximum Gasteiger partial charge on any atom is 0.234 e. The molecule has 1 aromatic heterocycles. The number of thiazole rings is 1. The van der Waals surface area contributed by atoms with Gasteiger partial charge in [0.05, 0.1) is 16.0 Å². The van der Waals surface area contributed by atoms with Crippen LogP contribution in [0.2, 0.25) is 0 Å². The molecule has 0 saturated heterocycles. The number of nitrogen functional groups attached to an aromatic ring is 1. The first kappa shape index (κ1) is 14.1. The molecule has 2 rings (SSSR count). The number of carbonyl (C=O) groups excluding carboxylic acids is 1. The summed E-state index contributed by atoms with van der Waals surface area (Å²) in [5.41, 5.74) is 8.46. The Morgan fingerprint density at radius 1 is 1.53 bits per heavy atom. The van der Waals surface area contributed by atoms with Gasteiger partial charge in [0.15, 0.2) is 5.13 Å². The first-order valence-corrected chi connectivity index (χ1v) is 7.90. The van der Waals surface area contributed by atoms with Crippen LogP contribution in [0.15, 0.2) is 12.1 Å². The monoisotopic (exact) mass is 295 g/mol. The Labute approximate surface area is 120 Å². The lowest BCUT2D eigenvalue weighted by atomic mass is 10.2. The second-order valence-corrected chi connectivity index (χ2v) is 7.23. The van der Waals surface area contributed by atoms with Gasteiger partial charge in [-0.1, -0.05) is 25.2 Å². The zero-order chi connectivity index (χ0) is 14.0. The van der Waals surface area contributed by atoms with E-state index in [4.69, 9.17) is 5.73 Å². The van der Waals surface area contributed by atoms with E-state index in [9.17, 15) is 4.79 Å². The number of fused-ring (bicyclic) bond motifs is 1. The van der Waals surface area contributed by atoms with Crippen molar-refractivity contribution in [1.29, 1.82) is 0 Å². The molecule has 3 N–H and O–H groups in total. The highest BCUT2D eigenvalue weighted by atomic mass is 32.2. The largest absolute Gasteiger partial charge is 0.375 e. The van der Waals surface area contributed by atoms with Crippen molar-refractivity contribution in [3.63, 3.8) is 0 Å². The summed E-state index contributed by atoms with van der Waals surface area (Å²) in [6, 6.07) is 3.85. The third-order valence-electron chi connectivity index (χ3n) is 2.53. The number of anilines is 2. The van der Waals surface area contributed by atoms with Crippen LogP contribution >= 0.6 is 23.1 Å². The molecule has 6 heteroatoms. The molecule has 0 aliphatic rings. The van der Waals surface area contributed by atoms with Crippen LogP contribution in [0.5, 0.6) is 0 Å². The zero-order valence-electron chi connectivity index (χ0n) is 11.2. The smallest absolute Gasteiger partial charge is 0.234 e. The molecular formula is C13H17N3OS2. The maximum absolute atomic E-state index is 11.8. The Hall–Kier alpha value is -1.27. The van der Waals surface area contributed by atoms with Gasteiger partial charge in [0, 0.05) is 5.69 Å². The summed E-state index contributed by atoms with van der Waals surface area (Å²) in [6.45, 7) is 6.13. The molecule has 19 heavy (non-hydrogen) atoms. The molecule has 1 aromatic carbocycles. The van der Waals surface area contributed by atoms with Gasteiger partial charge in [-0.15, -0.1) is 11.8 Å². The molecule has 0 aliphatic heterocycles. The minimum atomic E-state index is 0.0231. The topological polar surface area (TPSA) is 68.0 Å². The van der Waals surface area contributed by atoms with E-state index in [0.717, 1.165) is 21.5 Å². The van der Waals surface area contributed by atoms with E-state index in [1.54, 1.807) is 11.8 Å². The predicted octanol–water partition coefficient (Wildman–Crippen LogP) is 3.27. The summed E-state index contributed by atoms with van der Waals surface area (Å²) in [6.07, 6.45) is 0. The molecule has 4 nitrogen and oxygen atoms in total.